The number of carboxylic acid groups (broad SMARTS) is 1. The van der Waals surface area contributed by atoms with Crippen LogP contribution in [0.2, 0.25) is 0 Å². The minimum atomic E-state index is -3.62. The summed E-state index contributed by atoms with van der Waals surface area (Å²) < 4.78 is 24.5. The maximum Gasteiger partial charge on any atom is 0.327 e. The Morgan fingerprint density at radius 3 is 2.58 bits per heavy atom. The second-order valence-electron chi connectivity index (χ2n) is 3.88. The van der Waals surface area contributed by atoms with Gasteiger partial charge in [0.05, 0.1) is 11.5 Å². The van der Waals surface area contributed by atoms with Crippen molar-refractivity contribution in [1.82, 2.24) is 5.32 Å². The number of rotatable bonds is 6. The van der Waals surface area contributed by atoms with Gasteiger partial charge < -0.3 is 10.4 Å². The Bertz CT molecular complexity index is 580. The van der Waals surface area contributed by atoms with Gasteiger partial charge in [-0.2, -0.15) is 0 Å². The molecule has 1 aromatic rings. The predicted octanol–water partition coefficient (Wildman–Crippen LogP) is 1.01. The first-order chi connectivity index (χ1) is 8.69. The van der Waals surface area contributed by atoms with E-state index in [4.69, 9.17) is 5.11 Å². The van der Waals surface area contributed by atoms with Crippen LogP contribution in [0.15, 0.2) is 15.9 Å². The molecule has 1 aromatic heterocycles. The van der Waals surface area contributed by atoms with E-state index in [2.05, 4.69) is 21.2 Å². The van der Waals surface area contributed by atoms with E-state index in [1.807, 2.05) is 0 Å². The maximum atomic E-state index is 11.9. The van der Waals surface area contributed by atoms with Crippen LogP contribution in [0.25, 0.3) is 0 Å². The van der Waals surface area contributed by atoms with Crippen LogP contribution in [-0.4, -0.2) is 37.2 Å². The monoisotopic (exact) mass is 369 g/mol. The number of aliphatic carboxylic acids is 1. The van der Waals surface area contributed by atoms with Gasteiger partial charge in [0.15, 0.2) is 9.84 Å². The van der Waals surface area contributed by atoms with Gasteiger partial charge in [-0.05, 0) is 22.0 Å². The number of carboxylic acids is 1. The molecular formula is C10H12BrNO5S2. The molecule has 0 saturated heterocycles. The molecule has 6 nitrogen and oxygen atoms in total. The van der Waals surface area contributed by atoms with Crippen molar-refractivity contribution < 1.29 is 23.1 Å². The predicted molar refractivity (Wildman–Crippen MR) is 74.8 cm³/mol. The molecule has 19 heavy (non-hydrogen) atoms. The highest BCUT2D eigenvalue weighted by molar-refractivity contribution is 9.10. The highest BCUT2D eigenvalue weighted by atomic mass is 79.9. The lowest BCUT2D eigenvalue weighted by atomic mass is 10.3. The first kappa shape index (κ1) is 16.1. The number of nitrogens with one attached hydrogen (secondary N) is 1. The first-order valence-electron chi connectivity index (χ1n) is 5.13. The van der Waals surface area contributed by atoms with Crippen molar-refractivity contribution in [3.05, 3.63) is 20.8 Å². The normalized spacial score (nSPS) is 12.9. The quantitative estimate of drug-likeness (QED) is 0.779. The fourth-order valence-electron chi connectivity index (χ4n) is 1.38. The molecule has 0 unspecified atom stereocenters. The summed E-state index contributed by atoms with van der Waals surface area (Å²) in [4.78, 5) is 22.3. The van der Waals surface area contributed by atoms with Crippen LogP contribution in [0.3, 0.4) is 0 Å². The molecule has 106 valence electrons. The van der Waals surface area contributed by atoms with Gasteiger partial charge in [-0.15, -0.1) is 11.3 Å². The molecule has 0 fully saturated rings. The van der Waals surface area contributed by atoms with E-state index < -0.39 is 33.5 Å². The van der Waals surface area contributed by atoms with Gasteiger partial charge in [-0.3, -0.25) is 4.79 Å². The van der Waals surface area contributed by atoms with Gasteiger partial charge in [-0.25, -0.2) is 13.2 Å². The molecule has 2 N–H and O–H groups in total. The van der Waals surface area contributed by atoms with E-state index in [1.54, 1.807) is 11.4 Å². The minimum Gasteiger partial charge on any atom is -0.480 e. The molecule has 1 heterocycles. The molecular weight excluding hydrogens is 358 g/mol. The Balaban J connectivity index is 2.76. The Morgan fingerprint density at radius 1 is 1.53 bits per heavy atom. The van der Waals surface area contributed by atoms with Gasteiger partial charge >= 0.3 is 5.97 Å². The zero-order valence-corrected chi connectivity index (χ0v) is 13.1. The topological polar surface area (TPSA) is 101 Å². The third-order valence-electron chi connectivity index (χ3n) is 2.08. The van der Waals surface area contributed by atoms with Crippen molar-refractivity contribution in [1.29, 1.82) is 0 Å². The summed E-state index contributed by atoms with van der Waals surface area (Å²) in [6, 6.07) is 0.238. The number of halogens is 1. The molecule has 0 radical (unpaired) electrons. The van der Waals surface area contributed by atoms with Crippen LogP contribution < -0.4 is 5.32 Å². The molecule has 0 aliphatic carbocycles. The van der Waals surface area contributed by atoms with Crippen LogP contribution in [-0.2, 0) is 25.2 Å². The summed E-state index contributed by atoms with van der Waals surface area (Å²) in [5.41, 5.74) is 0. The number of carbonyl (C=O) groups is 2. The molecule has 0 aliphatic heterocycles. The standard InChI is InChI=1S/C10H12BrNO5S2/c1-6(13)12-9(10(14)15)5-19(16,17)4-8-2-7(11)3-18-8/h2-3,9H,4-5H2,1H3,(H,12,13)(H,14,15)/t9-/m0/s1. The molecule has 1 amide bonds. The Hall–Kier alpha value is -0.930. The van der Waals surface area contributed by atoms with Crippen LogP contribution in [0.5, 0.6) is 0 Å². The van der Waals surface area contributed by atoms with E-state index in [0.29, 0.717) is 4.88 Å². The average molecular weight is 370 g/mol. The van der Waals surface area contributed by atoms with Gasteiger partial charge in [0.2, 0.25) is 5.91 Å². The second kappa shape index (κ2) is 6.49. The zero-order valence-electron chi connectivity index (χ0n) is 9.92. The lowest BCUT2D eigenvalue weighted by molar-refractivity contribution is -0.140. The average Bonchev–Trinajstić information content (AvgIpc) is 2.60. The summed E-state index contributed by atoms with van der Waals surface area (Å²) in [7, 11) is -3.62. The van der Waals surface area contributed by atoms with Crippen molar-refractivity contribution in [3.63, 3.8) is 0 Å². The molecule has 9 heteroatoms. The summed E-state index contributed by atoms with van der Waals surface area (Å²) in [6.07, 6.45) is 0. The van der Waals surface area contributed by atoms with Crippen LogP contribution in [0.4, 0.5) is 0 Å². The fraction of sp³-hybridized carbons (Fsp3) is 0.400. The van der Waals surface area contributed by atoms with Crippen molar-refractivity contribution in [2.24, 2.45) is 0 Å². The Morgan fingerprint density at radius 2 is 2.16 bits per heavy atom. The molecule has 0 spiro atoms. The minimum absolute atomic E-state index is 0.243. The van der Waals surface area contributed by atoms with Crippen LogP contribution in [0, 0.1) is 0 Å². The third-order valence-corrected chi connectivity index (χ3v) is 5.55. The molecule has 0 aromatic carbocycles. The van der Waals surface area contributed by atoms with E-state index in [0.717, 1.165) is 11.4 Å². The number of amides is 1. The van der Waals surface area contributed by atoms with Crippen molar-refractivity contribution in [3.8, 4) is 0 Å². The summed E-state index contributed by atoms with van der Waals surface area (Å²) in [5.74, 6) is -2.82. The number of hydrogen-bond acceptors (Lipinski definition) is 5. The number of hydrogen-bond donors (Lipinski definition) is 2. The van der Waals surface area contributed by atoms with Gasteiger partial charge in [0.25, 0.3) is 0 Å². The van der Waals surface area contributed by atoms with Gasteiger partial charge in [0.1, 0.15) is 6.04 Å². The first-order valence-corrected chi connectivity index (χ1v) is 8.62. The highest BCUT2D eigenvalue weighted by Crippen LogP contribution is 2.22. The molecule has 0 aliphatic rings. The highest BCUT2D eigenvalue weighted by Gasteiger charge is 2.26. The van der Waals surface area contributed by atoms with Gasteiger partial charge in [0, 0.05) is 21.7 Å². The lowest BCUT2D eigenvalue weighted by Crippen LogP contribution is -2.44. The lowest BCUT2D eigenvalue weighted by Gasteiger charge is -2.13. The largest absolute Gasteiger partial charge is 0.480 e. The molecule has 0 saturated carbocycles. The summed E-state index contributed by atoms with van der Waals surface area (Å²) in [6.45, 7) is 1.14. The van der Waals surface area contributed by atoms with Crippen molar-refractivity contribution in [2.45, 2.75) is 18.7 Å². The number of carbonyl (C=O) groups excluding carboxylic acids is 1. The number of thiophene rings is 1. The van der Waals surface area contributed by atoms with E-state index in [9.17, 15) is 18.0 Å². The molecule has 1 atom stereocenters. The Kier molecular flexibility index (Phi) is 5.50. The van der Waals surface area contributed by atoms with Crippen LogP contribution >= 0.6 is 27.3 Å². The fourth-order valence-corrected chi connectivity index (χ4v) is 4.79. The second-order valence-corrected chi connectivity index (χ2v) is 7.90. The Labute approximate surface area is 122 Å². The third kappa shape index (κ3) is 5.70. The molecule has 0 bridgehead atoms. The molecule has 1 rings (SSSR count). The number of sulfone groups is 1. The maximum absolute atomic E-state index is 11.9. The van der Waals surface area contributed by atoms with E-state index in [-0.39, 0.29) is 5.75 Å². The summed E-state index contributed by atoms with van der Waals surface area (Å²) in [5, 5.41) is 12.7. The zero-order chi connectivity index (χ0) is 14.6. The SMILES string of the molecule is CC(=O)N[C@@H](CS(=O)(=O)Cc1cc(Br)cs1)C(=O)O. The smallest absolute Gasteiger partial charge is 0.327 e. The van der Waals surface area contributed by atoms with Gasteiger partial charge in [-0.1, -0.05) is 0 Å². The van der Waals surface area contributed by atoms with Crippen LogP contribution in [0.1, 0.15) is 11.8 Å². The summed E-state index contributed by atoms with van der Waals surface area (Å²) >= 11 is 4.48. The van der Waals surface area contributed by atoms with E-state index in [1.165, 1.54) is 11.3 Å². The van der Waals surface area contributed by atoms with Crippen molar-refractivity contribution in [2.75, 3.05) is 5.75 Å². The van der Waals surface area contributed by atoms with E-state index >= 15 is 0 Å². The van der Waals surface area contributed by atoms with Crippen molar-refractivity contribution >= 4 is 49.0 Å².